The van der Waals surface area contributed by atoms with Crippen LogP contribution in [-0.4, -0.2) is 47.8 Å². The first kappa shape index (κ1) is 14.8. The largest absolute Gasteiger partial charge is 0.393 e. The number of rotatable bonds is 5. The van der Waals surface area contributed by atoms with Gasteiger partial charge in [-0.2, -0.15) is 0 Å². The fraction of sp³-hybridized carbons (Fsp3) is 0.933. The third-order valence-corrected chi connectivity index (χ3v) is 4.56. The van der Waals surface area contributed by atoms with Crippen LogP contribution in [0.4, 0.5) is 0 Å². The summed E-state index contributed by atoms with van der Waals surface area (Å²) in [5, 5.41) is 10.2. The van der Waals surface area contributed by atoms with Crippen molar-refractivity contribution in [2.45, 2.75) is 64.0 Å². The van der Waals surface area contributed by atoms with Crippen molar-refractivity contribution in [3.8, 4) is 0 Å². The standard InChI is InChI=1S/C15H27NO3/c1-2-19-11-9-15(18)16-10-5-7-13(16)12-6-3-4-8-14(12)17/h12-14,17H,2-11H2,1H3. The molecule has 3 unspecified atom stereocenters. The van der Waals surface area contributed by atoms with Gasteiger partial charge in [-0.1, -0.05) is 12.8 Å². The van der Waals surface area contributed by atoms with Crippen molar-refractivity contribution in [2.24, 2.45) is 5.92 Å². The van der Waals surface area contributed by atoms with Crippen LogP contribution >= 0.6 is 0 Å². The van der Waals surface area contributed by atoms with Gasteiger partial charge < -0.3 is 14.7 Å². The lowest BCUT2D eigenvalue weighted by Gasteiger charge is -2.37. The van der Waals surface area contributed by atoms with Gasteiger partial charge in [-0.3, -0.25) is 4.79 Å². The average molecular weight is 269 g/mol. The third-order valence-electron chi connectivity index (χ3n) is 4.56. The summed E-state index contributed by atoms with van der Waals surface area (Å²) in [5.74, 6) is 0.501. The van der Waals surface area contributed by atoms with Crippen molar-refractivity contribution in [3.05, 3.63) is 0 Å². The first-order valence-electron chi connectivity index (χ1n) is 7.79. The Morgan fingerprint density at radius 1 is 1.26 bits per heavy atom. The maximum Gasteiger partial charge on any atom is 0.225 e. The predicted molar refractivity (Wildman–Crippen MR) is 73.8 cm³/mol. The molecule has 0 radical (unpaired) electrons. The highest BCUT2D eigenvalue weighted by Gasteiger charge is 2.38. The summed E-state index contributed by atoms with van der Waals surface area (Å²) in [7, 11) is 0. The van der Waals surface area contributed by atoms with Crippen molar-refractivity contribution in [2.75, 3.05) is 19.8 Å². The molecule has 110 valence electrons. The van der Waals surface area contributed by atoms with Crippen molar-refractivity contribution in [3.63, 3.8) is 0 Å². The lowest BCUT2D eigenvalue weighted by Crippen LogP contribution is -2.45. The molecule has 0 aromatic carbocycles. The second kappa shape index (κ2) is 7.25. The molecule has 0 aromatic rings. The number of nitrogens with zero attached hydrogens (tertiary/aromatic N) is 1. The molecule has 1 saturated carbocycles. The summed E-state index contributed by atoms with van der Waals surface area (Å²) >= 11 is 0. The highest BCUT2D eigenvalue weighted by atomic mass is 16.5. The summed E-state index contributed by atoms with van der Waals surface area (Å²) in [5.41, 5.74) is 0. The molecule has 0 bridgehead atoms. The van der Waals surface area contributed by atoms with Gasteiger partial charge in [0.1, 0.15) is 0 Å². The fourth-order valence-electron chi connectivity index (χ4n) is 3.58. The van der Waals surface area contributed by atoms with Crippen molar-refractivity contribution in [1.82, 2.24) is 4.90 Å². The molecule has 4 heteroatoms. The van der Waals surface area contributed by atoms with Crippen LogP contribution in [0.2, 0.25) is 0 Å². The van der Waals surface area contributed by atoms with Gasteiger partial charge in [0.15, 0.2) is 0 Å². The maximum absolute atomic E-state index is 12.2. The monoisotopic (exact) mass is 269 g/mol. The van der Waals surface area contributed by atoms with Crippen molar-refractivity contribution in [1.29, 1.82) is 0 Å². The number of aliphatic hydroxyl groups is 1. The first-order valence-corrected chi connectivity index (χ1v) is 7.79. The molecular weight excluding hydrogens is 242 g/mol. The van der Waals surface area contributed by atoms with Gasteiger partial charge in [0.2, 0.25) is 5.91 Å². The Kier molecular flexibility index (Phi) is 5.64. The smallest absolute Gasteiger partial charge is 0.225 e. The molecule has 0 aromatic heterocycles. The van der Waals surface area contributed by atoms with Crippen molar-refractivity contribution < 1.29 is 14.6 Å². The van der Waals surface area contributed by atoms with Crippen LogP contribution in [0.15, 0.2) is 0 Å². The van der Waals surface area contributed by atoms with Crippen LogP contribution in [0.25, 0.3) is 0 Å². The molecule has 0 spiro atoms. The molecule has 1 N–H and O–H groups in total. The number of aliphatic hydroxyl groups excluding tert-OH is 1. The van der Waals surface area contributed by atoms with E-state index in [4.69, 9.17) is 4.74 Å². The second-order valence-corrected chi connectivity index (χ2v) is 5.76. The number of hydrogen-bond acceptors (Lipinski definition) is 3. The minimum absolute atomic E-state index is 0.203. The molecule has 19 heavy (non-hydrogen) atoms. The summed E-state index contributed by atoms with van der Waals surface area (Å²) in [4.78, 5) is 14.3. The van der Waals surface area contributed by atoms with Gasteiger partial charge in [0, 0.05) is 25.1 Å². The Morgan fingerprint density at radius 3 is 2.79 bits per heavy atom. The topological polar surface area (TPSA) is 49.8 Å². The first-order chi connectivity index (χ1) is 9.24. The summed E-state index contributed by atoms with van der Waals surface area (Å²) in [6, 6.07) is 0.268. The number of hydrogen-bond donors (Lipinski definition) is 1. The molecule has 2 rings (SSSR count). The second-order valence-electron chi connectivity index (χ2n) is 5.76. The maximum atomic E-state index is 12.2. The van der Waals surface area contributed by atoms with E-state index in [2.05, 4.69) is 0 Å². The molecular formula is C15H27NO3. The van der Waals surface area contributed by atoms with Crippen molar-refractivity contribution >= 4 is 5.91 Å². The molecule has 1 amide bonds. The van der Waals surface area contributed by atoms with E-state index in [1.807, 2.05) is 11.8 Å². The van der Waals surface area contributed by atoms with E-state index >= 15 is 0 Å². The van der Waals surface area contributed by atoms with E-state index < -0.39 is 0 Å². The normalized spacial score (nSPS) is 31.7. The van der Waals surface area contributed by atoms with Crippen LogP contribution in [0, 0.1) is 5.92 Å². The van der Waals surface area contributed by atoms with Gasteiger partial charge in [-0.15, -0.1) is 0 Å². The number of amides is 1. The number of carbonyl (C=O) groups excluding carboxylic acids is 1. The Hall–Kier alpha value is -0.610. The van der Waals surface area contributed by atoms with E-state index in [0.717, 1.165) is 38.6 Å². The molecule has 1 aliphatic carbocycles. The van der Waals surface area contributed by atoms with E-state index in [0.29, 0.717) is 25.6 Å². The number of likely N-dealkylation sites (tertiary alicyclic amines) is 1. The minimum atomic E-state index is -0.209. The SMILES string of the molecule is CCOCCC(=O)N1CCCC1C1CCCCC1O. The van der Waals surface area contributed by atoms with Crippen LogP contribution in [0.3, 0.4) is 0 Å². The van der Waals surface area contributed by atoms with Gasteiger partial charge in [0.25, 0.3) is 0 Å². The Bertz CT molecular complexity index is 295. The zero-order chi connectivity index (χ0) is 13.7. The summed E-state index contributed by atoms with van der Waals surface area (Å²) < 4.78 is 5.27. The molecule has 4 nitrogen and oxygen atoms in total. The van der Waals surface area contributed by atoms with Crippen LogP contribution < -0.4 is 0 Å². The molecule has 2 fully saturated rings. The van der Waals surface area contributed by atoms with E-state index in [9.17, 15) is 9.90 Å². The zero-order valence-corrected chi connectivity index (χ0v) is 12.0. The third kappa shape index (κ3) is 3.69. The van der Waals surface area contributed by atoms with Gasteiger partial charge >= 0.3 is 0 Å². The van der Waals surface area contributed by atoms with Gasteiger partial charge in [-0.05, 0) is 32.6 Å². The molecule has 1 heterocycles. The molecule has 1 aliphatic heterocycles. The minimum Gasteiger partial charge on any atom is -0.393 e. The molecule has 1 saturated heterocycles. The Labute approximate surface area is 116 Å². The highest BCUT2D eigenvalue weighted by Crippen LogP contribution is 2.34. The zero-order valence-electron chi connectivity index (χ0n) is 12.0. The quantitative estimate of drug-likeness (QED) is 0.776. The summed E-state index contributed by atoms with van der Waals surface area (Å²) in [6.07, 6.45) is 6.70. The lowest BCUT2D eigenvalue weighted by atomic mass is 9.80. The van der Waals surface area contributed by atoms with Crippen LogP contribution in [0.1, 0.15) is 51.9 Å². The Morgan fingerprint density at radius 2 is 2.05 bits per heavy atom. The highest BCUT2D eigenvalue weighted by molar-refractivity contribution is 5.77. The van der Waals surface area contributed by atoms with Gasteiger partial charge in [-0.25, -0.2) is 0 Å². The van der Waals surface area contributed by atoms with E-state index in [1.54, 1.807) is 0 Å². The van der Waals surface area contributed by atoms with Crippen LogP contribution in [0.5, 0.6) is 0 Å². The summed E-state index contributed by atoms with van der Waals surface area (Å²) in [6.45, 7) is 3.99. The van der Waals surface area contributed by atoms with Gasteiger partial charge in [0.05, 0.1) is 19.1 Å². The predicted octanol–water partition coefficient (Wildman–Crippen LogP) is 1.96. The van der Waals surface area contributed by atoms with E-state index in [1.165, 1.54) is 6.42 Å². The fourth-order valence-corrected chi connectivity index (χ4v) is 3.58. The number of ether oxygens (including phenoxy) is 1. The lowest BCUT2D eigenvalue weighted by molar-refractivity contribution is -0.135. The Balaban J connectivity index is 1.90. The van der Waals surface area contributed by atoms with E-state index in [-0.39, 0.29) is 18.1 Å². The number of carbonyl (C=O) groups is 1. The molecule has 3 atom stereocenters. The molecule has 2 aliphatic rings. The van der Waals surface area contributed by atoms with Crippen LogP contribution in [-0.2, 0) is 9.53 Å². The average Bonchev–Trinajstić information content (AvgIpc) is 2.88.